The lowest BCUT2D eigenvalue weighted by Gasteiger charge is -2.08. The summed E-state index contributed by atoms with van der Waals surface area (Å²) in [4.78, 5) is 31.9. The summed E-state index contributed by atoms with van der Waals surface area (Å²) in [6.45, 7) is 2.98. The number of benzene rings is 1. The van der Waals surface area contributed by atoms with E-state index in [0.29, 0.717) is 29.7 Å². The number of thiazole rings is 1. The number of aromatic nitrogens is 3. The molecule has 0 fully saturated rings. The molecule has 3 aromatic rings. The van der Waals surface area contributed by atoms with Gasteiger partial charge in [-0.2, -0.15) is 0 Å². The third-order valence-electron chi connectivity index (χ3n) is 4.28. The number of hydrogen-bond acceptors (Lipinski definition) is 5. The highest BCUT2D eigenvalue weighted by atomic mass is 32.1. The molecule has 6 nitrogen and oxygen atoms in total. The number of rotatable bonds is 8. The Morgan fingerprint density at radius 3 is 2.89 bits per heavy atom. The fraction of sp³-hybridized carbons (Fsp3) is 0.368. The molecule has 0 unspecified atom stereocenters. The molecule has 2 aromatic heterocycles. The molecule has 0 spiro atoms. The van der Waals surface area contributed by atoms with E-state index in [0.717, 1.165) is 35.5 Å². The van der Waals surface area contributed by atoms with E-state index in [4.69, 9.17) is 12.2 Å². The molecule has 0 atom stereocenters. The Morgan fingerprint density at radius 2 is 2.11 bits per heavy atom. The van der Waals surface area contributed by atoms with Crippen LogP contribution >= 0.6 is 23.6 Å². The number of amides is 1. The van der Waals surface area contributed by atoms with Gasteiger partial charge < -0.3 is 10.3 Å². The summed E-state index contributed by atoms with van der Waals surface area (Å²) in [7, 11) is 0. The zero-order valence-electron chi connectivity index (χ0n) is 15.2. The van der Waals surface area contributed by atoms with Crippen molar-refractivity contribution in [3.8, 4) is 0 Å². The van der Waals surface area contributed by atoms with Crippen LogP contribution in [0.15, 0.2) is 34.4 Å². The van der Waals surface area contributed by atoms with Gasteiger partial charge in [0.1, 0.15) is 5.01 Å². The normalized spacial score (nSPS) is 11.0. The average Bonchev–Trinajstić information content (AvgIpc) is 3.07. The van der Waals surface area contributed by atoms with Crippen molar-refractivity contribution in [2.45, 2.75) is 45.7 Å². The first kappa shape index (κ1) is 19.4. The van der Waals surface area contributed by atoms with Crippen molar-refractivity contribution >= 4 is 40.4 Å². The zero-order chi connectivity index (χ0) is 19.2. The predicted octanol–water partition coefficient (Wildman–Crippen LogP) is 3.70. The number of aryl methyl sites for hydroxylation is 1. The maximum absolute atomic E-state index is 12.6. The standard InChI is InChI=1S/C19H22N4O2S2/c1-13-12-27-17(21-13)11-20-16(24)9-3-2-6-10-23-18(25)14-7-4-5-8-15(14)22-19(23)26/h4-5,7-8,12H,2-3,6,9-11H2,1H3,(H,20,24)(H,22,26). The number of nitrogens with one attached hydrogen (secondary N) is 2. The quantitative estimate of drug-likeness (QED) is 0.445. The van der Waals surface area contributed by atoms with Crippen LogP contribution in [0.5, 0.6) is 0 Å². The Labute approximate surface area is 166 Å². The van der Waals surface area contributed by atoms with E-state index < -0.39 is 0 Å². The van der Waals surface area contributed by atoms with Gasteiger partial charge >= 0.3 is 0 Å². The Kier molecular flexibility index (Phi) is 6.52. The van der Waals surface area contributed by atoms with Crippen molar-refractivity contribution in [2.24, 2.45) is 0 Å². The molecular formula is C19H22N4O2S2. The molecular weight excluding hydrogens is 380 g/mol. The highest BCUT2D eigenvalue weighted by Crippen LogP contribution is 2.09. The first-order valence-corrected chi connectivity index (χ1v) is 10.2. The highest BCUT2D eigenvalue weighted by molar-refractivity contribution is 7.71. The van der Waals surface area contributed by atoms with Crippen LogP contribution in [-0.4, -0.2) is 20.4 Å². The Morgan fingerprint density at radius 1 is 1.30 bits per heavy atom. The number of para-hydroxylation sites is 1. The van der Waals surface area contributed by atoms with E-state index in [1.165, 1.54) is 0 Å². The Balaban J connectivity index is 1.44. The second-order valence-corrected chi connectivity index (χ2v) is 7.73. The second kappa shape index (κ2) is 9.05. The first-order valence-electron chi connectivity index (χ1n) is 8.94. The summed E-state index contributed by atoms with van der Waals surface area (Å²) >= 11 is 6.86. The number of carbonyl (C=O) groups excluding carboxylic acids is 1. The summed E-state index contributed by atoms with van der Waals surface area (Å²) in [5, 5.41) is 6.43. The van der Waals surface area contributed by atoms with E-state index in [2.05, 4.69) is 15.3 Å². The number of H-pyrrole nitrogens is 1. The van der Waals surface area contributed by atoms with Crippen LogP contribution in [0.3, 0.4) is 0 Å². The second-order valence-electron chi connectivity index (χ2n) is 6.40. The molecule has 0 aliphatic heterocycles. The van der Waals surface area contributed by atoms with Gasteiger partial charge in [0.05, 0.1) is 17.4 Å². The van der Waals surface area contributed by atoms with Crippen LogP contribution in [0.25, 0.3) is 10.9 Å². The number of carbonyl (C=O) groups is 1. The van der Waals surface area contributed by atoms with Crippen LogP contribution in [0.4, 0.5) is 0 Å². The molecule has 0 bridgehead atoms. The van der Waals surface area contributed by atoms with Crippen molar-refractivity contribution < 1.29 is 4.79 Å². The smallest absolute Gasteiger partial charge is 0.262 e. The van der Waals surface area contributed by atoms with Crippen LogP contribution in [0.1, 0.15) is 36.4 Å². The third kappa shape index (κ3) is 5.11. The van der Waals surface area contributed by atoms with Gasteiger partial charge in [-0.25, -0.2) is 4.98 Å². The number of unbranched alkanes of at least 4 members (excludes halogenated alkanes) is 2. The lowest BCUT2D eigenvalue weighted by atomic mass is 10.2. The number of aromatic amines is 1. The Hall–Kier alpha value is -2.32. The molecule has 8 heteroatoms. The van der Waals surface area contributed by atoms with Gasteiger partial charge in [-0.05, 0) is 44.1 Å². The molecule has 142 valence electrons. The van der Waals surface area contributed by atoms with E-state index >= 15 is 0 Å². The topological polar surface area (TPSA) is 79.8 Å². The molecule has 0 aliphatic rings. The van der Waals surface area contributed by atoms with Gasteiger partial charge in [-0.3, -0.25) is 14.2 Å². The molecule has 0 aliphatic carbocycles. The van der Waals surface area contributed by atoms with Crippen molar-refractivity contribution in [3.05, 3.63) is 55.5 Å². The third-order valence-corrected chi connectivity index (χ3v) is 5.57. The monoisotopic (exact) mass is 402 g/mol. The summed E-state index contributed by atoms with van der Waals surface area (Å²) in [5.74, 6) is 0.0306. The van der Waals surface area contributed by atoms with E-state index in [1.807, 2.05) is 30.5 Å². The summed E-state index contributed by atoms with van der Waals surface area (Å²) in [6, 6.07) is 7.37. The summed E-state index contributed by atoms with van der Waals surface area (Å²) in [5.41, 5.74) is 1.67. The molecule has 1 aromatic carbocycles. The molecule has 3 rings (SSSR count). The van der Waals surface area contributed by atoms with Gasteiger partial charge in [0.25, 0.3) is 5.56 Å². The minimum Gasteiger partial charge on any atom is -0.350 e. The SMILES string of the molecule is Cc1csc(CNC(=O)CCCCCn2c(=S)[nH]c3ccccc3c2=O)n1. The predicted molar refractivity (Wildman–Crippen MR) is 111 cm³/mol. The van der Waals surface area contributed by atoms with Crippen LogP contribution < -0.4 is 10.9 Å². The van der Waals surface area contributed by atoms with Gasteiger partial charge in [0.15, 0.2) is 4.77 Å². The fourth-order valence-corrected chi connectivity index (χ4v) is 3.88. The van der Waals surface area contributed by atoms with Gasteiger partial charge in [-0.1, -0.05) is 18.6 Å². The molecule has 2 N–H and O–H groups in total. The average molecular weight is 403 g/mol. The maximum atomic E-state index is 12.6. The molecule has 1 amide bonds. The lowest BCUT2D eigenvalue weighted by molar-refractivity contribution is -0.121. The van der Waals surface area contributed by atoms with Crippen LogP contribution in [0, 0.1) is 11.7 Å². The highest BCUT2D eigenvalue weighted by Gasteiger charge is 2.06. The Bertz CT molecular complexity index is 1050. The minimum atomic E-state index is -0.0640. The number of hydrogen-bond donors (Lipinski definition) is 2. The molecule has 27 heavy (non-hydrogen) atoms. The largest absolute Gasteiger partial charge is 0.350 e. The molecule has 0 saturated heterocycles. The minimum absolute atomic E-state index is 0.0306. The van der Waals surface area contributed by atoms with Gasteiger partial charge in [-0.15, -0.1) is 11.3 Å². The molecule has 0 saturated carbocycles. The molecule has 2 heterocycles. The molecule has 0 radical (unpaired) electrons. The van der Waals surface area contributed by atoms with Crippen molar-refractivity contribution in [3.63, 3.8) is 0 Å². The lowest BCUT2D eigenvalue weighted by Crippen LogP contribution is -2.23. The van der Waals surface area contributed by atoms with Crippen molar-refractivity contribution in [1.82, 2.24) is 19.9 Å². The van der Waals surface area contributed by atoms with Crippen LogP contribution in [0.2, 0.25) is 0 Å². The van der Waals surface area contributed by atoms with Crippen LogP contribution in [-0.2, 0) is 17.9 Å². The summed E-state index contributed by atoms with van der Waals surface area (Å²) in [6.07, 6.45) is 2.91. The van der Waals surface area contributed by atoms with Crippen molar-refractivity contribution in [2.75, 3.05) is 0 Å². The van der Waals surface area contributed by atoms with Gasteiger partial charge in [0.2, 0.25) is 5.91 Å². The van der Waals surface area contributed by atoms with Gasteiger partial charge in [0, 0.05) is 24.0 Å². The maximum Gasteiger partial charge on any atom is 0.262 e. The van der Waals surface area contributed by atoms with E-state index in [-0.39, 0.29) is 11.5 Å². The van der Waals surface area contributed by atoms with E-state index in [1.54, 1.807) is 22.0 Å². The summed E-state index contributed by atoms with van der Waals surface area (Å²) < 4.78 is 2.04. The number of fused-ring (bicyclic) bond motifs is 1. The fourth-order valence-electron chi connectivity index (χ4n) is 2.88. The number of nitrogens with zero attached hydrogens (tertiary/aromatic N) is 2. The zero-order valence-corrected chi connectivity index (χ0v) is 16.8. The van der Waals surface area contributed by atoms with E-state index in [9.17, 15) is 9.59 Å². The first-order chi connectivity index (χ1) is 13.0. The van der Waals surface area contributed by atoms with Crippen molar-refractivity contribution in [1.29, 1.82) is 0 Å².